The van der Waals surface area contributed by atoms with Gasteiger partial charge in [0.2, 0.25) is 5.91 Å². The molecule has 0 fully saturated rings. The lowest BCUT2D eigenvalue weighted by atomic mass is 9.93. The lowest BCUT2D eigenvalue weighted by molar-refractivity contribution is -0.126. The topological polar surface area (TPSA) is 103 Å². The Morgan fingerprint density at radius 1 is 1.29 bits per heavy atom. The van der Waals surface area contributed by atoms with Crippen LogP contribution in [0.15, 0.2) is 24.3 Å². The first kappa shape index (κ1) is 25.4. The van der Waals surface area contributed by atoms with Crippen molar-refractivity contribution in [2.24, 2.45) is 0 Å². The smallest absolute Gasteiger partial charge is 0.358 e. The highest BCUT2D eigenvalue weighted by Gasteiger charge is 2.49. The highest BCUT2D eigenvalue weighted by molar-refractivity contribution is 6.12. The molecule has 2 aromatic rings. The third-order valence-electron chi connectivity index (χ3n) is 5.58. The van der Waals surface area contributed by atoms with E-state index in [1.165, 1.54) is 33.8 Å². The summed E-state index contributed by atoms with van der Waals surface area (Å²) in [6, 6.07) is 5.38. The maximum absolute atomic E-state index is 13.8. The fourth-order valence-electron chi connectivity index (χ4n) is 3.92. The minimum Gasteiger partial charge on any atom is -0.461 e. The van der Waals surface area contributed by atoms with Crippen LogP contribution < -0.4 is 10.2 Å². The molecular formula is C24H31FN4O5. The highest BCUT2D eigenvalue weighted by Crippen LogP contribution is 2.35. The van der Waals surface area contributed by atoms with Crippen LogP contribution in [0.3, 0.4) is 0 Å². The highest BCUT2D eigenvalue weighted by atomic mass is 19.1. The van der Waals surface area contributed by atoms with Crippen LogP contribution >= 0.6 is 0 Å². The van der Waals surface area contributed by atoms with Crippen molar-refractivity contribution in [1.29, 1.82) is 0 Å². The largest absolute Gasteiger partial charge is 0.461 e. The summed E-state index contributed by atoms with van der Waals surface area (Å²) in [6.07, 6.45) is 0.691. The van der Waals surface area contributed by atoms with Crippen LogP contribution in [0, 0.1) is 12.7 Å². The van der Waals surface area contributed by atoms with Crippen molar-refractivity contribution < 1.29 is 28.2 Å². The molecule has 0 saturated heterocycles. The molecule has 0 saturated carbocycles. The van der Waals surface area contributed by atoms with Crippen molar-refractivity contribution in [1.82, 2.24) is 15.1 Å². The number of ether oxygens (including phenoxy) is 2. The normalized spacial score (nSPS) is 17.6. The molecule has 34 heavy (non-hydrogen) atoms. The molecule has 1 atom stereocenters. The number of hydrogen-bond donors (Lipinski definition) is 1. The summed E-state index contributed by atoms with van der Waals surface area (Å²) in [5.74, 6) is -2.02. The van der Waals surface area contributed by atoms with Crippen LogP contribution in [-0.4, -0.2) is 59.0 Å². The van der Waals surface area contributed by atoms with Gasteiger partial charge in [0.05, 0.1) is 19.3 Å². The van der Waals surface area contributed by atoms with Crippen molar-refractivity contribution in [3.63, 3.8) is 0 Å². The number of amides is 2. The molecule has 10 heteroatoms. The van der Waals surface area contributed by atoms with Gasteiger partial charge in [-0.1, -0.05) is 0 Å². The molecule has 2 amide bonds. The number of anilines is 1. The number of aromatic nitrogens is 2. The minimum atomic E-state index is -1.39. The van der Waals surface area contributed by atoms with E-state index < -0.39 is 29.1 Å². The Labute approximate surface area is 198 Å². The maximum atomic E-state index is 13.8. The molecule has 0 bridgehead atoms. The molecule has 1 aromatic heterocycles. The Morgan fingerprint density at radius 2 is 2.03 bits per heavy atom. The van der Waals surface area contributed by atoms with Gasteiger partial charge in [-0.05, 0) is 64.8 Å². The van der Waals surface area contributed by atoms with E-state index in [-0.39, 0.29) is 30.6 Å². The summed E-state index contributed by atoms with van der Waals surface area (Å²) >= 11 is 0. The number of aryl methyl sites for hydroxylation is 1. The summed E-state index contributed by atoms with van der Waals surface area (Å²) in [5.41, 5.74) is -0.365. The Bertz CT molecular complexity index is 1080. The first-order valence-electron chi connectivity index (χ1n) is 11.3. The summed E-state index contributed by atoms with van der Waals surface area (Å²) in [4.78, 5) is 40.6. The molecule has 0 spiro atoms. The number of nitrogens with one attached hydrogen (secondary N) is 1. The predicted molar refractivity (Wildman–Crippen MR) is 123 cm³/mol. The molecule has 3 rings (SSSR count). The average Bonchev–Trinajstić information content (AvgIpc) is 3.19. The van der Waals surface area contributed by atoms with Crippen molar-refractivity contribution in [2.45, 2.75) is 59.2 Å². The maximum Gasteiger partial charge on any atom is 0.358 e. The van der Waals surface area contributed by atoms with Crippen molar-refractivity contribution in [3.8, 4) is 0 Å². The quantitative estimate of drug-likeness (QED) is 0.443. The molecule has 1 aliphatic heterocycles. The number of rotatable bonds is 9. The molecule has 1 aliphatic rings. The van der Waals surface area contributed by atoms with E-state index in [1.807, 2.05) is 13.8 Å². The van der Waals surface area contributed by atoms with E-state index in [1.54, 1.807) is 20.8 Å². The molecule has 0 aliphatic carbocycles. The van der Waals surface area contributed by atoms with Gasteiger partial charge in [-0.2, -0.15) is 5.10 Å². The van der Waals surface area contributed by atoms with Crippen LogP contribution in [0.4, 0.5) is 10.1 Å². The summed E-state index contributed by atoms with van der Waals surface area (Å²) < 4.78 is 25.7. The van der Waals surface area contributed by atoms with Crippen LogP contribution in [0.5, 0.6) is 0 Å². The van der Waals surface area contributed by atoms with E-state index >= 15 is 0 Å². The Hall–Kier alpha value is -3.27. The number of halogens is 1. The fourth-order valence-corrected chi connectivity index (χ4v) is 3.92. The standard InChI is InChI=1S/C24H31FN4O5/c1-6-33-22(31)18-13-20-21(30)29(19-9-8-17(25)12-16(19)4)24(5,14-28(20)27-18)23(32)26-10-7-11-34-15(2)3/h8-9,12-13,15H,6-7,10-11,14H2,1-5H3,(H,26,32). The van der Waals surface area contributed by atoms with Gasteiger partial charge >= 0.3 is 5.97 Å². The number of benzene rings is 1. The van der Waals surface area contributed by atoms with Gasteiger partial charge in [0.25, 0.3) is 5.91 Å². The van der Waals surface area contributed by atoms with Gasteiger partial charge in [-0.25, -0.2) is 9.18 Å². The lowest BCUT2D eigenvalue weighted by Crippen LogP contribution is -2.64. The SMILES string of the molecule is CCOC(=O)c1cc2n(n1)CC(C)(C(=O)NCCCOC(C)C)N(c1ccc(F)cc1C)C2=O. The van der Waals surface area contributed by atoms with Gasteiger partial charge in [0.15, 0.2) is 5.69 Å². The second-order valence-corrected chi connectivity index (χ2v) is 8.67. The number of nitrogens with zero attached hydrogens (tertiary/aromatic N) is 3. The Balaban J connectivity index is 1.96. The fraction of sp³-hybridized carbons (Fsp3) is 0.500. The van der Waals surface area contributed by atoms with Crippen LogP contribution in [0.25, 0.3) is 0 Å². The zero-order chi connectivity index (χ0) is 25.0. The second-order valence-electron chi connectivity index (χ2n) is 8.67. The summed E-state index contributed by atoms with van der Waals surface area (Å²) in [6.45, 7) is 9.84. The number of carbonyl (C=O) groups excluding carboxylic acids is 3. The van der Waals surface area contributed by atoms with Crippen molar-refractivity contribution in [2.75, 3.05) is 24.7 Å². The van der Waals surface area contributed by atoms with Gasteiger partial charge < -0.3 is 14.8 Å². The first-order chi connectivity index (χ1) is 16.1. The van der Waals surface area contributed by atoms with E-state index in [0.29, 0.717) is 30.8 Å². The van der Waals surface area contributed by atoms with E-state index in [0.717, 1.165) is 0 Å². The average molecular weight is 475 g/mol. The van der Waals surface area contributed by atoms with Crippen molar-refractivity contribution in [3.05, 3.63) is 47.0 Å². The molecule has 1 unspecified atom stereocenters. The Kier molecular flexibility index (Phi) is 7.71. The third-order valence-corrected chi connectivity index (χ3v) is 5.58. The molecule has 9 nitrogen and oxygen atoms in total. The zero-order valence-corrected chi connectivity index (χ0v) is 20.2. The molecule has 0 radical (unpaired) electrons. The summed E-state index contributed by atoms with van der Waals surface area (Å²) in [5, 5.41) is 7.10. The number of hydrogen-bond acceptors (Lipinski definition) is 6. The lowest BCUT2D eigenvalue weighted by Gasteiger charge is -2.43. The van der Waals surface area contributed by atoms with E-state index in [9.17, 15) is 18.8 Å². The van der Waals surface area contributed by atoms with Crippen LogP contribution in [0.1, 0.15) is 60.7 Å². The number of carbonyl (C=O) groups is 3. The minimum absolute atomic E-state index is 0.00137. The number of esters is 1. The molecule has 2 heterocycles. The van der Waals surface area contributed by atoms with Gasteiger partial charge in [-0.3, -0.25) is 19.2 Å². The van der Waals surface area contributed by atoms with Gasteiger partial charge in [-0.15, -0.1) is 0 Å². The molecule has 184 valence electrons. The second kappa shape index (κ2) is 10.3. The number of fused-ring (bicyclic) bond motifs is 1. The van der Waals surface area contributed by atoms with Crippen LogP contribution in [0.2, 0.25) is 0 Å². The summed E-state index contributed by atoms with van der Waals surface area (Å²) in [7, 11) is 0. The molecular weight excluding hydrogens is 443 g/mol. The van der Waals surface area contributed by atoms with E-state index in [4.69, 9.17) is 9.47 Å². The third kappa shape index (κ3) is 5.11. The van der Waals surface area contributed by atoms with Crippen molar-refractivity contribution >= 4 is 23.5 Å². The predicted octanol–water partition coefficient (Wildman–Crippen LogP) is 2.86. The Morgan fingerprint density at radius 3 is 2.68 bits per heavy atom. The first-order valence-corrected chi connectivity index (χ1v) is 11.3. The molecule has 1 N–H and O–H groups in total. The van der Waals surface area contributed by atoms with Gasteiger partial charge in [0.1, 0.15) is 17.1 Å². The monoisotopic (exact) mass is 474 g/mol. The zero-order valence-electron chi connectivity index (χ0n) is 20.2. The van der Waals surface area contributed by atoms with Gasteiger partial charge in [0, 0.05) is 24.9 Å². The molecule has 1 aromatic carbocycles. The van der Waals surface area contributed by atoms with Crippen LogP contribution in [-0.2, 0) is 20.8 Å². The van der Waals surface area contributed by atoms with E-state index in [2.05, 4.69) is 10.4 Å².